The van der Waals surface area contributed by atoms with Crippen LogP contribution in [0.4, 0.5) is 0 Å². The van der Waals surface area contributed by atoms with Gasteiger partial charge in [0.2, 0.25) is 0 Å². The van der Waals surface area contributed by atoms with Gasteiger partial charge in [-0.15, -0.1) is 5.10 Å². The molecule has 0 bridgehead atoms. The van der Waals surface area contributed by atoms with E-state index in [9.17, 15) is 4.79 Å². The summed E-state index contributed by atoms with van der Waals surface area (Å²) in [5.41, 5.74) is 6.33. The smallest absolute Gasteiger partial charge is 0.252 e. The standard InChI is InChI=1S/C28H34N6O/c1-19-9-13-22(14-10-19)16-33(18-26-30-31-32-34(26)24-7-5-4-6-8-24)17-23-15-25-20(2)11-12-21(3)27(25)29-28(23)35/h9-15,24H,4-8,16-18H2,1-3H3,(H,29,35). The van der Waals surface area contributed by atoms with E-state index in [4.69, 9.17) is 0 Å². The minimum atomic E-state index is -0.0352. The van der Waals surface area contributed by atoms with Crippen LogP contribution in [-0.4, -0.2) is 30.1 Å². The number of nitrogens with one attached hydrogen (secondary N) is 1. The number of tetrazole rings is 1. The molecule has 1 fully saturated rings. The molecule has 0 radical (unpaired) electrons. The Morgan fingerprint density at radius 2 is 1.69 bits per heavy atom. The lowest BCUT2D eigenvalue weighted by Gasteiger charge is -2.25. The highest BCUT2D eigenvalue weighted by Gasteiger charge is 2.22. The number of benzene rings is 2. The predicted octanol–water partition coefficient (Wildman–Crippen LogP) is 5.15. The van der Waals surface area contributed by atoms with Gasteiger partial charge >= 0.3 is 0 Å². The number of nitrogens with zero attached hydrogens (tertiary/aromatic N) is 5. The predicted molar refractivity (Wildman–Crippen MR) is 138 cm³/mol. The number of H-pyrrole nitrogens is 1. The summed E-state index contributed by atoms with van der Waals surface area (Å²) in [4.78, 5) is 18.5. The summed E-state index contributed by atoms with van der Waals surface area (Å²) in [6.45, 7) is 8.03. The average molecular weight is 471 g/mol. The van der Waals surface area contributed by atoms with E-state index in [0.717, 1.165) is 46.3 Å². The SMILES string of the molecule is Cc1ccc(CN(Cc2cc3c(C)ccc(C)c3[nH]c2=O)Cc2nnnn2C2CCCCC2)cc1. The normalized spacial score (nSPS) is 14.7. The summed E-state index contributed by atoms with van der Waals surface area (Å²) >= 11 is 0. The topological polar surface area (TPSA) is 79.7 Å². The molecule has 182 valence electrons. The fourth-order valence-electron chi connectivity index (χ4n) is 5.22. The van der Waals surface area contributed by atoms with Crippen molar-refractivity contribution in [3.8, 4) is 0 Å². The van der Waals surface area contributed by atoms with Crippen molar-refractivity contribution in [1.82, 2.24) is 30.1 Å². The third kappa shape index (κ3) is 5.20. The van der Waals surface area contributed by atoms with Crippen molar-refractivity contribution in [1.29, 1.82) is 0 Å². The van der Waals surface area contributed by atoms with Crippen LogP contribution in [0.1, 0.15) is 71.8 Å². The number of hydrogen-bond acceptors (Lipinski definition) is 5. The molecular weight excluding hydrogens is 436 g/mol. The molecule has 2 aromatic heterocycles. The van der Waals surface area contributed by atoms with Gasteiger partial charge in [-0.3, -0.25) is 9.69 Å². The summed E-state index contributed by atoms with van der Waals surface area (Å²) in [7, 11) is 0. The van der Waals surface area contributed by atoms with Crippen LogP contribution in [0.3, 0.4) is 0 Å². The first-order valence-electron chi connectivity index (χ1n) is 12.6. The first-order valence-corrected chi connectivity index (χ1v) is 12.6. The van der Waals surface area contributed by atoms with Crippen molar-refractivity contribution in [3.05, 3.63) is 86.5 Å². The van der Waals surface area contributed by atoms with Crippen molar-refractivity contribution in [3.63, 3.8) is 0 Å². The molecule has 0 aliphatic heterocycles. The van der Waals surface area contributed by atoms with Crippen molar-refractivity contribution in [2.24, 2.45) is 0 Å². The molecule has 7 nitrogen and oxygen atoms in total. The highest BCUT2D eigenvalue weighted by atomic mass is 16.1. The summed E-state index contributed by atoms with van der Waals surface area (Å²) < 4.78 is 2.03. The zero-order valence-corrected chi connectivity index (χ0v) is 20.9. The minimum Gasteiger partial charge on any atom is -0.321 e. The van der Waals surface area contributed by atoms with Gasteiger partial charge in [0.25, 0.3) is 5.56 Å². The van der Waals surface area contributed by atoms with Crippen LogP contribution in [-0.2, 0) is 19.6 Å². The molecule has 1 aliphatic carbocycles. The number of aromatic nitrogens is 5. The van der Waals surface area contributed by atoms with Gasteiger partial charge in [0.15, 0.2) is 5.82 Å². The van der Waals surface area contributed by atoms with E-state index >= 15 is 0 Å². The molecule has 1 saturated carbocycles. The molecule has 0 atom stereocenters. The second-order valence-corrected chi connectivity index (χ2v) is 10.1. The molecule has 1 aliphatic rings. The second-order valence-electron chi connectivity index (χ2n) is 10.1. The molecular formula is C28H34N6O. The molecule has 7 heteroatoms. The van der Waals surface area contributed by atoms with Crippen molar-refractivity contribution in [2.75, 3.05) is 0 Å². The molecule has 35 heavy (non-hydrogen) atoms. The number of rotatable bonds is 7. The Bertz CT molecular complexity index is 1360. The molecule has 0 unspecified atom stereocenters. The summed E-state index contributed by atoms with van der Waals surface area (Å²) in [5.74, 6) is 0.869. The van der Waals surface area contributed by atoms with Crippen LogP contribution >= 0.6 is 0 Å². The van der Waals surface area contributed by atoms with Crippen LogP contribution in [0.5, 0.6) is 0 Å². The fourth-order valence-corrected chi connectivity index (χ4v) is 5.22. The molecule has 2 heterocycles. The summed E-state index contributed by atoms with van der Waals surface area (Å²) in [5, 5.41) is 13.9. The van der Waals surface area contributed by atoms with E-state index in [-0.39, 0.29) is 5.56 Å². The van der Waals surface area contributed by atoms with Crippen LogP contribution in [0.2, 0.25) is 0 Å². The van der Waals surface area contributed by atoms with E-state index in [0.29, 0.717) is 25.7 Å². The Kier molecular flexibility index (Phi) is 6.77. The zero-order valence-electron chi connectivity index (χ0n) is 20.9. The molecule has 1 N–H and O–H groups in total. The van der Waals surface area contributed by atoms with Gasteiger partial charge < -0.3 is 4.98 Å². The van der Waals surface area contributed by atoms with Gasteiger partial charge in [-0.05, 0) is 66.8 Å². The highest BCUT2D eigenvalue weighted by Crippen LogP contribution is 2.28. The second kappa shape index (κ2) is 10.1. The molecule has 0 spiro atoms. The first-order chi connectivity index (χ1) is 17.0. The Morgan fingerprint density at radius 1 is 0.943 bits per heavy atom. The summed E-state index contributed by atoms with van der Waals surface area (Å²) in [6, 6.07) is 15.2. The molecule has 2 aromatic carbocycles. The molecule has 4 aromatic rings. The van der Waals surface area contributed by atoms with Crippen molar-refractivity contribution in [2.45, 2.75) is 78.6 Å². The van der Waals surface area contributed by atoms with Gasteiger partial charge in [0.05, 0.1) is 18.1 Å². The van der Waals surface area contributed by atoms with E-state index in [2.05, 4.69) is 81.7 Å². The van der Waals surface area contributed by atoms with Gasteiger partial charge in [-0.25, -0.2) is 4.68 Å². The zero-order chi connectivity index (χ0) is 24.4. The molecule has 5 rings (SSSR count). The maximum Gasteiger partial charge on any atom is 0.252 e. The largest absolute Gasteiger partial charge is 0.321 e. The van der Waals surface area contributed by atoms with Gasteiger partial charge in [-0.1, -0.05) is 61.2 Å². The number of aromatic amines is 1. The quantitative estimate of drug-likeness (QED) is 0.404. The van der Waals surface area contributed by atoms with Gasteiger partial charge in [-0.2, -0.15) is 0 Å². The van der Waals surface area contributed by atoms with Crippen LogP contribution in [0, 0.1) is 20.8 Å². The maximum atomic E-state index is 13.1. The first kappa shape index (κ1) is 23.4. The third-order valence-corrected chi connectivity index (χ3v) is 7.29. The van der Waals surface area contributed by atoms with E-state index in [1.54, 1.807) is 0 Å². The van der Waals surface area contributed by atoms with E-state index in [1.165, 1.54) is 30.4 Å². The minimum absolute atomic E-state index is 0.0352. The molecule has 0 saturated heterocycles. The Balaban J connectivity index is 1.47. The van der Waals surface area contributed by atoms with Gasteiger partial charge in [0.1, 0.15) is 0 Å². The number of aryl methyl sites for hydroxylation is 3. The number of hydrogen-bond donors (Lipinski definition) is 1. The van der Waals surface area contributed by atoms with Gasteiger partial charge in [0, 0.05) is 24.0 Å². The lowest BCUT2D eigenvalue weighted by molar-refractivity contribution is 0.225. The monoisotopic (exact) mass is 470 g/mol. The Hall–Kier alpha value is -3.32. The average Bonchev–Trinajstić information content (AvgIpc) is 3.32. The Labute approximate surface area is 206 Å². The van der Waals surface area contributed by atoms with Crippen LogP contribution < -0.4 is 5.56 Å². The van der Waals surface area contributed by atoms with Crippen molar-refractivity contribution < 1.29 is 0 Å². The van der Waals surface area contributed by atoms with Crippen LogP contribution in [0.25, 0.3) is 10.9 Å². The molecule has 0 amide bonds. The number of fused-ring (bicyclic) bond motifs is 1. The summed E-state index contributed by atoms with van der Waals surface area (Å²) in [6.07, 6.45) is 5.99. The Morgan fingerprint density at radius 3 is 2.46 bits per heavy atom. The maximum absolute atomic E-state index is 13.1. The van der Waals surface area contributed by atoms with Crippen LogP contribution in [0.15, 0.2) is 47.3 Å². The van der Waals surface area contributed by atoms with Crippen molar-refractivity contribution >= 4 is 10.9 Å². The van der Waals surface area contributed by atoms with E-state index < -0.39 is 0 Å². The van der Waals surface area contributed by atoms with E-state index in [1.807, 2.05) is 11.6 Å². The lowest BCUT2D eigenvalue weighted by atomic mass is 9.95. The number of pyridine rings is 1. The fraction of sp³-hybridized carbons (Fsp3) is 0.429. The third-order valence-electron chi connectivity index (χ3n) is 7.29. The highest BCUT2D eigenvalue weighted by molar-refractivity contribution is 5.85. The lowest BCUT2D eigenvalue weighted by Crippen LogP contribution is -2.29.